The highest BCUT2D eigenvalue weighted by Gasteiger charge is 2.34. The highest BCUT2D eigenvalue weighted by atomic mass is 16.6. The van der Waals surface area contributed by atoms with Crippen molar-refractivity contribution in [2.45, 2.75) is 0 Å². The number of ether oxygens (including phenoxy) is 2. The Hall–Kier alpha value is -2.60. The van der Waals surface area contributed by atoms with Gasteiger partial charge in [0.25, 0.3) is 11.8 Å². The summed E-state index contributed by atoms with van der Waals surface area (Å²) >= 11 is 0. The van der Waals surface area contributed by atoms with E-state index in [4.69, 9.17) is 9.47 Å². The molecule has 6 heteroatoms. The van der Waals surface area contributed by atoms with Crippen LogP contribution >= 0.6 is 0 Å². The molecular formula is C14H9NO5. The van der Waals surface area contributed by atoms with Crippen LogP contribution in [0.2, 0.25) is 0 Å². The monoisotopic (exact) mass is 271 g/mol. The van der Waals surface area contributed by atoms with Crippen LogP contribution in [0.3, 0.4) is 0 Å². The number of hydrogen-bond donors (Lipinski definition) is 1. The number of hydroxylamine groups is 2. The van der Waals surface area contributed by atoms with Gasteiger partial charge in [-0.1, -0.05) is 12.1 Å². The molecule has 0 saturated heterocycles. The minimum atomic E-state index is -0.754. The van der Waals surface area contributed by atoms with Gasteiger partial charge in [-0.3, -0.25) is 14.8 Å². The van der Waals surface area contributed by atoms with Gasteiger partial charge in [-0.2, -0.15) is 0 Å². The second-order valence-corrected chi connectivity index (χ2v) is 4.60. The molecule has 0 radical (unpaired) electrons. The fourth-order valence-corrected chi connectivity index (χ4v) is 2.65. The van der Waals surface area contributed by atoms with Crippen molar-refractivity contribution in [3.63, 3.8) is 0 Å². The summed E-state index contributed by atoms with van der Waals surface area (Å²) in [6, 6.07) is 6.53. The Morgan fingerprint density at radius 1 is 1.05 bits per heavy atom. The van der Waals surface area contributed by atoms with Crippen molar-refractivity contribution < 1.29 is 24.3 Å². The SMILES string of the molecule is O=C1c2cccc3c4c(cc(c23)C(=O)N1O)OCCO4. The molecule has 0 aromatic heterocycles. The Morgan fingerprint density at radius 2 is 1.80 bits per heavy atom. The van der Waals surface area contributed by atoms with Crippen LogP contribution in [-0.4, -0.2) is 35.3 Å². The Bertz CT molecular complexity index is 783. The lowest BCUT2D eigenvalue weighted by Gasteiger charge is -2.26. The van der Waals surface area contributed by atoms with Gasteiger partial charge in [0.15, 0.2) is 11.5 Å². The summed E-state index contributed by atoms with van der Waals surface area (Å²) in [7, 11) is 0. The highest BCUT2D eigenvalue weighted by molar-refractivity contribution is 6.25. The zero-order valence-electron chi connectivity index (χ0n) is 10.3. The molecule has 0 saturated carbocycles. The Labute approximate surface area is 113 Å². The topological polar surface area (TPSA) is 76.1 Å². The number of carbonyl (C=O) groups excluding carboxylic acids is 2. The Kier molecular flexibility index (Phi) is 2.08. The molecule has 2 aromatic carbocycles. The van der Waals surface area contributed by atoms with Crippen LogP contribution in [0.1, 0.15) is 20.7 Å². The molecule has 2 aliphatic heterocycles. The highest BCUT2D eigenvalue weighted by Crippen LogP contribution is 2.42. The van der Waals surface area contributed by atoms with Gasteiger partial charge in [0.05, 0.1) is 11.1 Å². The maximum atomic E-state index is 12.1. The zero-order chi connectivity index (χ0) is 13.9. The molecule has 0 fully saturated rings. The molecule has 2 heterocycles. The van der Waals surface area contributed by atoms with Crippen LogP contribution in [0.4, 0.5) is 0 Å². The predicted molar refractivity (Wildman–Crippen MR) is 67.2 cm³/mol. The van der Waals surface area contributed by atoms with Crippen molar-refractivity contribution in [3.8, 4) is 11.5 Å². The summed E-state index contributed by atoms with van der Waals surface area (Å²) in [4.78, 5) is 24.0. The molecule has 100 valence electrons. The quantitative estimate of drug-likeness (QED) is 0.581. The van der Waals surface area contributed by atoms with Crippen LogP contribution < -0.4 is 9.47 Å². The summed E-state index contributed by atoms with van der Waals surface area (Å²) in [6.45, 7) is 0.813. The number of rotatable bonds is 0. The average Bonchev–Trinajstić information content (AvgIpc) is 2.50. The number of fused-ring (bicyclic) bond motifs is 2. The van der Waals surface area contributed by atoms with Gasteiger partial charge in [-0.15, -0.1) is 5.06 Å². The lowest BCUT2D eigenvalue weighted by molar-refractivity contribution is -0.0377. The van der Waals surface area contributed by atoms with Gasteiger partial charge in [0.2, 0.25) is 0 Å². The van der Waals surface area contributed by atoms with Crippen LogP contribution in [-0.2, 0) is 0 Å². The van der Waals surface area contributed by atoms with Gasteiger partial charge in [0, 0.05) is 10.8 Å². The van der Waals surface area contributed by atoms with E-state index in [0.29, 0.717) is 35.5 Å². The normalized spacial score (nSPS) is 16.8. The van der Waals surface area contributed by atoms with E-state index >= 15 is 0 Å². The molecular weight excluding hydrogens is 262 g/mol. The largest absolute Gasteiger partial charge is 0.486 e. The number of carbonyl (C=O) groups is 2. The summed E-state index contributed by atoms with van der Waals surface area (Å²) in [5.74, 6) is -0.503. The fraction of sp³-hybridized carbons (Fsp3) is 0.143. The van der Waals surface area contributed by atoms with E-state index in [0.717, 1.165) is 0 Å². The smallest absolute Gasteiger partial charge is 0.285 e. The maximum Gasteiger partial charge on any atom is 0.285 e. The zero-order valence-corrected chi connectivity index (χ0v) is 10.3. The summed E-state index contributed by atoms with van der Waals surface area (Å²) in [6.07, 6.45) is 0. The van der Waals surface area contributed by atoms with Crippen molar-refractivity contribution in [2.75, 3.05) is 13.2 Å². The molecule has 2 aliphatic rings. The summed E-state index contributed by atoms with van der Waals surface area (Å²) in [5.41, 5.74) is 0.513. The van der Waals surface area contributed by atoms with E-state index in [-0.39, 0.29) is 16.2 Å². The summed E-state index contributed by atoms with van der Waals surface area (Å²) < 4.78 is 11.1. The van der Waals surface area contributed by atoms with Crippen LogP contribution in [0, 0.1) is 0 Å². The molecule has 20 heavy (non-hydrogen) atoms. The van der Waals surface area contributed by atoms with Crippen LogP contribution in [0.5, 0.6) is 11.5 Å². The first kappa shape index (κ1) is 11.2. The second kappa shape index (κ2) is 3.71. The van der Waals surface area contributed by atoms with Crippen LogP contribution in [0.25, 0.3) is 10.8 Å². The van der Waals surface area contributed by atoms with Gasteiger partial charge < -0.3 is 9.47 Å². The molecule has 1 N–H and O–H groups in total. The van der Waals surface area contributed by atoms with Gasteiger partial charge in [0.1, 0.15) is 13.2 Å². The van der Waals surface area contributed by atoms with Crippen molar-refractivity contribution in [2.24, 2.45) is 0 Å². The van der Waals surface area contributed by atoms with E-state index in [1.165, 1.54) is 6.07 Å². The van der Waals surface area contributed by atoms with Gasteiger partial charge in [-0.05, 0) is 12.1 Å². The van der Waals surface area contributed by atoms with E-state index in [2.05, 4.69) is 0 Å². The maximum absolute atomic E-state index is 12.1. The van der Waals surface area contributed by atoms with Gasteiger partial charge in [-0.25, -0.2) is 0 Å². The fourth-order valence-electron chi connectivity index (χ4n) is 2.65. The Balaban J connectivity index is 2.17. The first-order valence-electron chi connectivity index (χ1n) is 6.11. The second-order valence-electron chi connectivity index (χ2n) is 4.60. The van der Waals surface area contributed by atoms with Crippen molar-refractivity contribution in [1.29, 1.82) is 0 Å². The number of hydrogen-bond acceptors (Lipinski definition) is 5. The standard InChI is InChI=1S/C14H9NO5/c16-13-8-3-1-2-7-11(8)9(14(17)15(13)18)6-10-12(7)20-5-4-19-10/h1-3,6,18H,4-5H2. The molecule has 2 aromatic rings. The van der Waals surface area contributed by atoms with E-state index in [1.54, 1.807) is 18.2 Å². The van der Waals surface area contributed by atoms with E-state index in [9.17, 15) is 14.8 Å². The number of benzene rings is 2. The minimum Gasteiger partial charge on any atom is -0.486 e. The number of imide groups is 1. The molecule has 0 unspecified atom stereocenters. The van der Waals surface area contributed by atoms with E-state index < -0.39 is 11.8 Å². The molecule has 0 spiro atoms. The first-order valence-corrected chi connectivity index (χ1v) is 6.11. The molecule has 0 bridgehead atoms. The number of amides is 2. The van der Waals surface area contributed by atoms with Crippen molar-refractivity contribution >= 4 is 22.6 Å². The Morgan fingerprint density at radius 3 is 2.65 bits per heavy atom. The molecule has 6 nitrogen and oxygen atoms in total. The molecule has 0 aliphatic carbocycles. The average molecular weight is 271 g/mol. The molecule has 4 rings (SSSR count). The molecule has 2 amide bonds. The van der Waals surface area contributed by atoms with Gasteiger partial charge >= 0.3 is 0 Å². The molecule has 0 atom stereocenters. The van der Waals surface area contributed by atoms with Crippen molar-refractivity contribution in [3.05, 3.63) is 35.4 Å². The number of nitrogens with zero attached hydrogens (tertiary/aromatic N) is 1. The third kappa shape index (κ3) is 1.26. The lowest BCUT2D eigenvalue weighted by Crippen LogP contribution is -2.37. The predicted octanol–water partition coefficient (Wildman–Crippen LogP) is 1.60. The van der Waals surface area contributed by atoms with Crippen LogP contribution in [0.15, 0.2) is 24.3 Å². The lowest BCUT2D eigenvalue weighted by atomic mass is 9.94. The van der Waals surface area contributed by atoms with E-state index in [1.807, 2.05) is 0 Å². The first-order chi connectivity index (χ1) is 9.68. The minimum absolute atomic E-state index is 0.132. The van der Waals surface area contributed by atoms with Crippen molar-refractivity contribution in [1.82, 2.24) is 5.06 Å². The third-order valence-corrected chi connectivity index (χ3v) is 3.51. The summed E-state index contributed by atoms with van der Waals surface area (Å²) in [5, 5.41) is 10.9. The third-order valence-electron chi connectivity index (χ3n) is 3.51.